The summed E-state index contributed by atoms with van der Waals surface area (Å²) in [6.45, 7) is 9.06. The number of benzene rings is 1. The molecule has 1 aliphatic carbocycles. The minimum Gasteiger partial charge on any atom is -0.369 e. The lowest BCUT2D eigenvalue weighted by atomic mass is 10.1. The van der Waals surface area contributed by atoms with Crippen LogP contribution in [0.1, 0.15) is 58.4 Å². The minimum absolute atomic E-state index is 0.564. The zero-order chi connectivity index (χ0) is 14.4. The van der Waals surface area contributed by atoms with E-state index in [-0.39, 0.29) is 0 Å². The van der Waals surface area contributed by atoms with Gasteiger partial charge < -0.3 is 10.2 Å². The fourth-order valence-corrected chi connectivity index (χ4v) is 2.67. The van der Waals surface area contributed by atoms with Crippen molar-refractivity contribution >= 4 is 5.69 Å². The molecule has 0 atom stereocenters. The summed E-state index contributed by atoms with van der Waals surface area (Å²) in [5.41, 5.74) is 2.87. The summed E-state index contributed by atoms with van der Waals surface area (Å²) in [6.07, 6.45) is 6.61. The predicted molar refractivity (Wildman–Crippen MR) is 88.3 cm³/mol. The van der Waals surface area contributed by atoms with E-state index in [1.54, 1.807) is 0 Å². The van der Waals surface area contributed by atoms with Crippen molar-refractivity contribution in [2.45, 2.75) is 71.5 Å². The lowest BCUT2D eigenvalue weighted by Gasteiger charge is -2.31. The first-order chi connectivity index (χ1) is 9.72. The number of anilines is 1. The highest BCUT2D eigenvalue weighted by Gasteiger charge is 2.21. The lowest BCUT2D eigenvalue weighted by molar-refractivity contribution is 0.618. The second-order valence-electron chi connectivity index (χ2n) is 6.28. The molecule has 2 nitrogen and oxygen atoms in total. The maximum Gasteiger partial charge on any atom is 0.0414 e. The Kier molecular flexibility index (Phi) is 5.90. The van der Waals surface area contributed by atoms with Crippen LogP contribution >= 0.6 is 0 Å². The summed E-state index contributed by atoms with van der Waals surface area (Å²) in [6, 6.07) is 10.2. The van der Waals surface area contributed by atoms with Crippen LogP contribution in [0, 0.1) is 0 Å². The first-order valence-corrected chi connectivity index (χ1v) is 8.30. The number of hydrogen-bond donors (Lipinski definition) is 1. The highest BCUT2D eigenvalue weighted by molar-refractivity contribution is 5.54. The topological polar surface area (TPSA) is 15.3 Å². The zero-order valence-corrected chi connectivity index (χ0v) is 13.4. The molecular weight excluding hydrogens is 244 g/mol. The Labute approximate surface area is 124 Å². The van der Waals surface area contributed by atoms with Crippen molar-refractivity contribution in [1.82, 2.24) is 5.32 Å². The van der Waals surface area contributed by atoms with Crippen LogP contribution in [0.15, 0.2) is 24.3 Å². The van der Waals surface area contributed by atoms with Crippen molar-refractivity contribution < 1.29 is 0 Å². The Bertz CT molecular complexity index is 396. The molecule has 0 bridgehead atoms. The quantitative estimate of drug-likeness (QED) is 0.674. The van der Waals surface area contributed by atoms with Gasteiger partial charge in [0.1, 0.15) is 0 Å². The van der Waals surface area contributed by atoms with Gasteiger partial charge in [0.15, 0.2) is 0 Å². The Balaban J connectivity index is 2.04. The Hall–Kier alpha value is -1.02. The molecule has 0 aliphatic heterocycles. The molecule has 1 fully saturated rings. The number of unbranched alkanes of at least 4 members (excludes halogenated alkanes) is 2. The zero-order valence-electron chi connectivity index (χ0n) is 13.4. The Morgan fingerprint density at radius 1 is 1.20 bits per heavy atom. The second kappa shape index (κ2) is 7.68. The van der Waals surface area contributed by atoms with Crippen molar-refractivity contribution in [1.29, 1.82) is 0 Å². The van der Waals surface area contributed by atoms with E-state index >= 15 is 0 Å². The SMILES string of the molecule is CCCCCN(c1ccccc1CNC1CC1)C(C)C. The molecule has 0 aromatic heterocycles. The molecule has 0 saturated heterocycles. The summed E-state index contributed by atoms with van der Waals surface area (Å²) in [4.78, 5) is 2.57. The first kappa shape index (κ1) is 15.4. The van der Waals surface area contributed by atoms with E-state index < -0.39 is 0 Å². The first-order valence-electron chi connectivity index (χ1n) is 8.30. The largest absolute Gasteiger partial charge is 0.369 e. The van der Waals surface area contributed by atoms with Crippen molar-refractivity contribution in [3.63, 3.8) is 0 Å². The molecule has 1 N–H and O–H groups in total. The van der Waals surface area contributed by atoms with Crippen LogP contribution in [-0.4, -0.2) is 18.6 Å². The van der Waals surface area contributed by atoms with Gasteiger partial charge in [-0.1, -0.05) is 38.0 Å². The molecule has 1 aliphatic rings. The summed E-state index contributed by atoms with van der Waals surface area (Å²) < 4.78 is 0. The fraction of sp³-hybridized carbons (Fsp3) is 0.667. The van der Waals surface area contributed by atoms with Crippen molar-refractivity contribution in [3.05, 3.63) is 29.8 Å². The average molecular weight is 274 g/mol. The molecule has 0 heterocycles. The summed E-state index contributed by atoms with van der Waals surface area (Å²) in [5.74, 6) is 0. The molecular formula is C18H30N2. The number of nitrogens with zero attached hydrogens (tertiary/aromatic N) is 1. The summed E-state index contributed by atoms with van der Waals surface area (Å²) >= 11 is 0. The third-order valence-electron chi connectivity index (χ3n) is 4.09. The molecule has 2 rings (SSSR count). The molecule has 0 spiro atoms. The average Bonchev–Trinajstić information content (AvgIpc) is 3.26. The van der Waals surface area contributed by atoms with Crippen molar-refractivity contribution in [3.8, 4) is 0 Å². The summed E-state index contributed by atoms with van der Waals surface area (Å²) in [5, 5.41) is 3.65. The van der Waals surface area contributed by atoms with E-state index in [4.69, 9.17) is 0 Å². The van der Waals surface area contributed by atoms with Crippen LogP contribution in [0.2, 0.25) is 0 Å². The molecule has 1 saturated carbocycles. The number of hydrogen-bond acceptors (Lipinski definition) is 2. The van der Waals surface area contributed by atoms with Gasteiger partial charge in [0, 0.05) is 30.9 Å². The van der Waals surface area contributed by atoms with Gasteiger partial charge in [-0.05, 0) is 44.7 Å². The fourth-order valence-electron chi connectivity index (χ4n) is 2.67. The second-order valence-corrected chi connectivity index (χ2v) is 6.28. The van der Waals surface area contributed by atoms with Crippen molar-refractivity contribution in [2.75, 3.05) is 11.4 Å². The molecule has 2 heteroatoms. The number of para-hydroxylation sites is 1. The minimum atomic E-state index is 0.564. The predicted octanol–water partition coefficient (Wildman–Crippen LogP) is 4.34. The van der Waals surface area contributed by atoms with Crippen LogP contribution in [-0.2, 0) is 6.54 Å². The third kappa shape index (κ3) is 4.52. The monoisotopic (exact) mass is 274 g/mol. The molecule has 0 unspecified atom stereocenters. The molecule has 0 amide bonds. The normalized spacial score (nSPS) is 14.8. The number of nitrogens with one attached hydrogen (secondary N) is 1. The van der Waals surface area contributed by atoms with Gasteiger partial charge in [0.05, 0.1) is 0 Å². The van der Waals surface area contributed by atoms with Gasteiger partial charge in [-0.3, -0.25) is 0 Å². The third-order valence-corrected chi connectivity index (χ3v) is 4.09. The van der Waals surface area contributed by atoms with Crippen LogP contribution in [0.4, 0.5) is 5.69 Å². The van der Waals surface area contributed by atoms with Crippen molar-refractivity contribution in [2.24, 2.45) is 0 Å². The lowest BCUT2D eigenvalue weighted by Crippen LogP contribution is -2.33. The van der Waals surface area contributed by atoms with E-state index in [1.165, 1.54) is 49.9 Å². The Morgan fingerprint density at radius 3 is 2.60 bits per heavy atom. The smallest absolute Gasteiger partial charge is 0.0414 e. The van der Waals surface area contributed by atoms with Crippen LogP contribution < -0.4 is 10.2 Å². The van der Waals surface area contributed by atoms with E-state index in [9.17, 15) is 0 Å². The van der Waals surface area contributed by atoms with Gasteiger partial charge in [-0.15, -0.1) is 0 Å². The van der Waals surface area contributed by atoms with E-state index in [2.05, 4.69) is 55.3 Å². The summed E-state index contributed by atoms with van der Waals surface area (Å²) in [7, 11) is 0. The van der Waals surface area contributed by atoms with Gasteiger partial charge in [-0.25, -0.2) is 0 Å². The van der Waals surface area contributed by atoms with Gasteiger partial charge in [-0.2, -0.15) is 0 Å². The highest BCUT2D eigenvalue weighted by atomic mass is 15.2. The standard InChI is InChI=1S/C18H30N2/c1-4-5-8-13-20(15(2)3)18-10-7-6-9-16(18)14-19-17-11-12-17/h6-7,9-10,15,17,19H,4-5,8,11-14H2,1-3H3. The molecule has 0 radical (unpaired) electrons. The molecule has 1 aromatic rings. The van der Waals surface area contributed by atoms with Gasteiger partial charge >= 0.3 is 0 Å². The highest BCUT2D eigenvalue weighted by Crippen LogP contribution is 2.25. The maximum atomic E-state index is 3.65. The van der Waals surface area contributed by atoms with Crippen LogP contribution in [0.3, 0.4) is 0 Å². The van der Waals surface area contributed by atoms with Crippen LogP contribution in [0.5, 0.6) is 0 Å². The van der Waals surface area contributed by atoms with Gasteiger partial charge in [0.25, 0.3) is 0 Å². The van der Waals surface area contributed by atoms with E-state index in [1.807, 2.05) is 0 Å². The number of rotatable bonds is 9. The molecule has 112 valence electrons. The maximum absolute atomic E-state index is 3.65. The van der Waals surface area contributed by atoms with E-state index in [0.29, 0.717) is 6.04 Å². The van der Waals surface area contributed by atoms with Crippen LogP contribution in [0.25, 0.3) is 0 Å². The Morgan fingerprint density at radius 2 is 1.95 bits per heavy atom. The van der Waals surface area contributed by atoms with Gasteiger partial charge in [0.2, 0.25) is 0 Å². The molecule has 1 aromatic carbocycles. The molecule has 20 heavy (non-hydrogen) atoms. The van der Waals surface area contributed by atoms with E-state index in [0.717, 1.165) is 12.6 Å².